The van der Waals surface area contributed by atoms with Gasteiger partial charge in [0.1, 0.15) is 18.1 Å². The number of nitrogens with zero attached hydrogens (tertiary/aromatic N) is 2. The smallest absolute Gasteiger partial charge is 0.351 e. The Balaban J connectivity index is 1.78. The first kappa shape index (κ1) is 36.9. The molecule has 47 heavy (non-hydrogen) atoms. The molecule has 0 radical (unpaired) electrons. The summed E-state index contributed by atoms with van der Waals surface area (Å²) in [5.74, 6) is 0.0612. The van der Waals surface area contributed by atoms with E-state index in [-0.39, 0.29) is 27.9 Å². The number of carbonyl (C=O) groups is 1. The fourth-order valence-electron chi connectivity index (χ4n) is 5.76. The highest BCUT2D eigenvalue weighted by atomic mass is 28.4. The van der Waals surface area contributed by atoms with Gasteiger partial charge in [-0.15, -0.1) is 0 Å². The maximum atomic E-state index is 13.5. The van der Waals surface area contributed by atoms with E-state index >= 15 is 0 Å². The summed E-state index contributed by atoms with van der Waals surface area (Å²) in [5, 5.41) is 4.97. The van der Waals surface area contributed by atoms with Gasteiger partial charge in [-0.2, -0.15) is 4.98 Å². The van der Waals surface area contributed by atoms with Gasteiger partial charge in [-0.05, 0) is 40.5 Å². The molecule has 8 nitrogen and oxygen atoms in total. The monoisotopic (exact) mass is 677 g/mol. The number of ether oxygens (including phenoxy) is 1. The molecule has 0 bridgehead atoms. The second-order valence-electron chi connectivity index (χ2n) is 16.4. The summed E-state index contributed by atoms with van der Waals surface area (Å²) >= 11 is 0. The van der Waals surface area contributed by atoms with Crippen LogP contribution in [0, 0.1) is 12.3 Å². The van der Waals surface area contributed by atoms with Gasteiger partial charge in [0.2, 0.25) is 5.91 Å². The van der Waals surface area contributed by atoms with Gasteiger partial charge in [0.15, 0.2) is 8.32 Å². The van der Waals surface area contributed by atoms with Crippen LogP contribution in [0.15, 0.2) is 71.7 Å². The fourth-order valence-corrected chi connectivity index (χ4v) is 11.5. The van der Waals surface area contributed by atoms with Crippen molar-refractivity contribution in [1.82, 2.24) is 9.55 Å². The standard InChI is InChI=1S/C37H55N3O5Si2/c1-26-24-40(34(42)39-32(26)38-33(41)35(2,3)4)31-23-29(30(44-31)25-43-46(11,12)36(5,6)7)45-47(37(8,9)10,27-19-15-13-16-20-27)28-21-17-14-18-22-28/h13-22,24,29-31H,23,25H2,1-12H3,(H,38,39,41,42)/t29-,30+,31+/m0/s1. The number of carbonyl (C=O) groups excluding carboxylic acids is 1. The summed E-state index contributed by atoms with van der Waals surface area (Å²) in [7, 11) is -5.07. The van der Waals surface area contributed by atoms with Crippen molar-refractivity contribution in [3.8, 4) is 0 Å². The summed E-state index contributed by atoms with van der Waals surface area (Å²) in [4.78, 5) is 30.5. The lowest BCUT2D eigenvalue weighted by atomic mass is 9.96. The van der Waals surface area contributed by atoms with Crippen LogP contribution in [-0.2, 0) is 18.4 Å². The Hall–Kier alpha value is -2.90. The van der Waals surface area contributed by atoms with Gasteiger partial charge in [-0.3, -0.25) is 9.36 Å². The molecule has 1 aliphatic rings. The van der Waals surface area contributed by atoms with E-state index in [0.29, 0.717) is 18.6 Å². The predicted molar refractivity (Wildman–Crippen MR) is 195 cm³/mol. The van der Waals surface area contributed by atoms with E-state index < -0.39 is 40.1 Å². The zero-order chi connectivity index (χ0) is 35.0. The van der Waals surface area contributed by atoms with E-state index in [1.165, 1.54) is 14.9 Å². The highest BCUT2D eigenvalue weighted by molar-refractivity contribution is 6.99. The van der Waals surface area contributed by atoms with E-state index in [1.807, 2.05) is 39.8 Å². The molecule has 3 atom stereocenters. The van der Waals surface area contributed by atoms with Crippen molar-refractivity contribution in [2.75, 3.05) is 11.9 Å². The molecule has 0 unspecified atom stereocenters. The molecule has 0 aliphatic carbocycles. The molecule has 2 heterocycles. The van der Waals surface area contributed by atoms with Crippen LogP contribution in [0.2, 0.25) is 23.2 Å². The molecule has 10 heteroatoms. The first-order valence-corrected chi connectivity index (χ1v) is 21.5. The number of anilines is 1. The van der Waals surface area contributed by atoms with E-state index in [0.717, 1.165) is 0 Å². The SMILES string of the molecule is Cc1cn([C@H]2C[C@H](O[Si](c3ccccc3)(c3ccccc3)C(C)(C)C)[C@@H](CO[Si](C)(C)C(C)(C)C)O2)c(=O)nc1NC(=O)C(C)(C)C. The van der Waals surface area contributed by atoms with Crippen molar-refractivity contribution in [1.29, 1.82) is 0 Å². The number of hydrogen-bond donors (Lipinski definition) is 1. The Morgan fingerprint density at radius 1 is 0.915 bits per heavy atom. The van der Waals surface area contributed by atoms with Crippen molar-refractivity contribution in [2.24, 2.45) is 5.41 Å². The number of amides is 1. The number of benzene rings is 2. The normalized spacial score (nSPS) is 19.5. The van der Waals surface area contributed by atoms with Crippen LogP contribution in [0.4, 0.5) is 5.82 Å². The average Bonchev–Trinajstić information content (AvgIpc) is 3.37. The maximum Gasteiger partial charge on any atom is 0.351 e. The van der Waals surface area contributed by atoms with Crippen molar-refractivity contribution in [3.63, 3.8) is 0 Å². The minimum absolute atomic E-state index is 0.0185. The second-order valence-corrected chi connectivity index (χ2v) is 25.5. The summed E-state index contributed by atoms with van der Waals surface area (Å²) in [6.45, 7) is 25.6. The van der Waals surface area contributed by atoms with Gasteiger partial charge in [0, 0.05) is 23.6 Å². The fraction of sp³-hybridized carbons (Fsp3) is 0.541. The molecule has 1 aromatic heterocycles. The Bertz CT molecular complexity index is 1550. The lowest BCUT2D eigenvalue weighted by Crippen LogP contribution is -2.68. The topological polar surface area (TPSA) is 91.7 Å². The molecule has 1 saturated heterocycles. The van der Waals surface area contributed by atoms with Crippen molar-refractivity contribution >= 4 is 38.7 Å². The molecule has 0 saturated carbocycles. The molecule has 256 valence electrons. The van der Waals surface area contributed by atoms with Gasteiger partial charge >= 0.3 is 5.69 Å². The second kappa shape index (κ2) is 13.5. The van der Waals surface area contributed by atoms with Crippen LogP contribution in [0.1, 0.15) is 80.5 Å². The highest BCUT2D eigenvalue weighted by Crippen LogP contribution is 2.42. The van der Waals surface area contributed by atoms with Crippen molar-refractivity contribution in [3.05, 3.63) is 82.9 Å². The molecule has 4 rings (SSSR count). The van der Waals surface area contributed by atoms with E-state index in [1.54, 1.807) is 6.20 Å². The van der Waals surface area contributed by atoms with Crippen LogP contribution < -0.4 is 21.4 Å². The Kier molecular flexibility index (Phi) is 10.6. The average molecular weight is 678 g/mol. The third-order valence-electron chi connectivity index (χ3n) is 9.70. The predicted octanol–water partition coefficient (Wildman–Crippen LogP) is 6.79. The minimum atomic E-state index is -2.94. The van der Waals surface area contributed by atoms with E-state index in [9.17, 15) is 9.59 Å². The van der Waals surface area contributed by atoms with Crippen LogP contribution >= 0.6 is 0 Å². The summed E-state index contributed by atoms with van der Waals surface area (Å²) < 4.78 is 22.6. The maximum absolute atomic E-state index is 13.5. The van der Waals surface area contributed by atoms with Crippen LogP contribution in [0.25, 0.3) is 0 Å². The van der Waals surface area contributed by atoms with E-state index in [4.69, 9.17) is 13.6 Å². The van der Waals surface area contributed by atoms with Crippen LogP contribution in [0.3, 0.4) is 0 Å². The van der Waals surface area contributed by atoms with Gasteiger partial charge < -0.3 is 18.9 Å². The van der Waals surface area contributed by atoms with Gasteiger partial charge in [0.25, 0.3) is 8.32 Å². The molecule has 1 fully saturated rings. The molecular formula is C37H55N3O5Si2. The molecule has 3 aromatic rings. The number of aromatic nitrogens is 2. The number of aryl methyl sites for hydroxylation is 1. The van der Waals surface area contributed by atoms with Crippen LogP contribution in [-0.4, -0.2) is 50.9 Å². The van der Waals surface area contributed by atoms with Crippen molar-refractivity contribution in [2.45, 2.75) is 117 Å². The quantitative estimate of drug-likeness (QED) is 0.251. The molecule has 1 aliphatic heterocycles. The summed E-state index contributed by atoms with van der Waals surface area (Å²) in [6.07, 6.45) is 0.795. The molecule has 1 amide bonds. The number of hydrogen-bond acceptors (Lipinski definition) is 6. The van der Waals surface area contributed by atoms with Crippen molar-refractivity contribution < 1.29 is 18.4 Å². The minimum Gasteiger partial charge on any atom is -0.414 e. The van der Waals surface area contributed by atoms with Gasteiger partial charge in [-0.1, -0.05) is 123 Å². The van der Waals surface area contributed by atoms with Crippen LogP contribution in [0.5, 0.6) is 0 Å². The lowest BCUT2D eigenvalue weighted by molar-refractivity contribution is -0.123. The first-order chi connectivity index (χ1) is 21.7. The Labute approximate surface area is 283 Å². The van der Waals surface area contributed by atoms with Gasteiger partial charge in [0.05, 0.1) is 12.7 Å². The largest absolute Gasteiger partial charge is 0.414 e. The lowest BCUT2D eigenvalue weighted by Gasteiger charge is -2.45. The molecule has 2 aromatic carbocycles. The zero-order valence-electron chi connectivity index (χ0n) is 30.4. The third-order valence-corrected chi connectivity index (χ3v) is 19.3. The third kappa shape index (κ3) is 7.88. The van der Waals surface area contributed by atoms with E-state index in [2.05, 4.69) is 113 Å². The highest BCUT2D eigenvalue weighted by Gasteiger charge is 2.54. The molecule has 1 N–H and O–H groups in total. The Morgan fingerprint density at radius 3 is 1.91 bits per heavy atom. The number of nitrogens with one attached hydrogen (secondary N) is 1. The van der Waals surface area contributed by atoms with Gasteiger partial charge in [-0.25, -0.2) is 4.79 Å². The number of rotatable bonds is 9. The molecule has 0 spiro atoms. The zero-order valence-corrected chi connectivity index (χ0v) is 32.4. The Morgan fingerprint density at radius 2 is 1.45 bits per heavy atom. The summed E-state index contributed by atoms with van der Waals surface area (Å²) in [5.41, 5.74) is -0.434. The summed E-state index contributed by atoms with van der Waals surface area (Å²) in [6, 6.07) is 21.1. The first-order valence-electron chi connectivity index (χ1n) is 16.7. The molecular weight excluding hydrogens is 623 g/mol.